The Bertz CT molecular complexity index is 1010. The quantitative estimate of drug-likeness (QED) is 0.619. The molecular formula is C22H27N3O4S. The highest BCUT2D eigenvalue weighted by Crippen LogP contribution is 2.21. The normalized spacial score (nSPS) is 10.9. The van der Waals surface area contributed by atoms with Gasteiger partial charge in [-0.3, -0.25) is 13.9 Å². The zero-order chi connectivity index (χ0) is 22.3. The summed E-state index contributed by atoms with van der Waals surface area (Å²) in [4.78, 5) is 27.1. The lowest BCUT2D eigenvalue weighted by Crippen LogP contribution is -2.31. The summed E-state index contributed by atoms with van der Waals surface area (Å²) in [6.45, 7) is 8.65. The van der Waals surface area contributed by atoms with Crippen LogP contribution < -0.4 is 9.62 Å². The summed E-state index contributed by atoms with van der Waals surface area (Å²) in [5, 5.41) is 2.78. The van der Waals surface area contributed by atoms with Crippen molar-refractivity contribution in [2.75, 3.05) is 35.5 Å². The Balaban J connectivity index is 2.25. The lowest BCUT2D eigenvalue weighted by atomic mass is 10.1. The summed E-state index contributed by atoms with van der Waals surface area (Å²) in [7, 11) is -3.47. The van der Waals surface area contributed by atoms with Gasteiger partial charge in [0.05, 0.1) is 29.7 Å². The first-order chi connectivity index (χ1) is 14.2. The highest BCUT2D eigenvalue weighted by molar-refractivity contribution is 7.92. The van der Waals surface area contributed by atoms with E-state index in [0.717, 1.165) is 6.26 Å². The predicted octanol–water partition coefficient (Wildman–Crippen LogP) is 3.37. The molecule has 0 aromatic heterocycles. The van der Waals surface area contributed by atoms with Crippen LogP contribution in [0.4, 0.5) is 11.4 Å². The largest absolute Gasteiger partial charge is 0.339 e. The number of anilines is 2. The predicted molar refractivity (Wildman–Crippen MR) is 120 cm³/mol. The fourth-order valence-electron chi connectivity index (χ4n) is 2.98. The van der Waals surface area contributed by atoms with E-state index < -0.39 is 15.9 Å². The number of amides is 2. The molecule has 0 fully saturated rings. The fourth-order valence-corrected chi connectivity index (χ4v) is 3.86. The number of para-hydroxylation sites is 1. The zero-order valence-electron chi connectivity index (χ0n) is 17.5. The molecule has 2 rings (SSSR count). The highest BCUT2D eigenvalue weighted by atomic mass is 32.2. The van der Waals surface area contributed by atoms with E-state index in [1.165, 1.54) is 10.4 Å². The fraction of sp³-hybridized carbons (Fsp3) is 0.273. The number of sulfonamides is 1. The lowest BCUT2D eigenvalue weighted by molar-refractivity contribution is 0.0774. The summed E-state index contributed by atoms with van der Waals surface area (Å²) in [5.74, 6) is -0.546. The van der Waals surface area contributed by atoms with Crippen LogP contribution in [0.15, 0.2) is 61.2 Å². The number of benzene rings is 2. The molecule has 0 aliphatic heterocycles. The van der Waals surface area contributed by atoms with Crippen LogP contribution in [0.3, 0.4) is 0 Å². The van der Waals surface area contributed by atoms with Gasteiger partial charge >= 0.3 is 0 Å². The number of nitrogens with one attached hydrogen (secondary N) is 1. The van der Waals surface area contributed by atoms with Crippen LogP contribution >= 0.6 is 0 Å². The molecule has 2 aromatic rings. The number of nitrogens with zero attached hydrogens (tertiary/aromatic N) is 2. The van der Waals surface area contributed by atoms with E-state index in [9.17, 15) is 18.0 Å². The average Bonchev–Trinajstić information content (AvgIpc) is 2.72. The van der Waals surface area contributed by atoms with E-state index in [1.807, 2.05) is 13.8 Å². The number of rotatable bonds is 9. The second-order valence-electron chi connectivity index (χ2n) is 6.61. The molecule has 0 bridgehead atoms. The van der Waals surface area contributed by atoms with Gasteiger partial charge < -0.3 is 10.2 Å². The third-order valence-electron chi connectivity index (χ3n) is 4.57. The molecule has 0 saturated heterocycles. The third-order valence-corrected chi connectivity index (χ3v) is 5.73. The van der Waals surface area contributed by atoms with Gasteiger partial charge in [-0.05, 0) is 50.2 Å². The van der Waals surface area contributed by atoms with E-state index in [4.69, 9.17) is 0 Å². The van der Waals surface area contributed by atoms with Crippen LogP contribution in [0.1, 0.15) is 34.6 Å². The summed E-state index contributed by atoms with van der Waals surface area (Å²) < 4.78 is 25.1. The minimum atomic E-state index is -3.47. The van der Waals surface area contributed by atoms with Gasteiger partial charge in [0.25, 0.3) is 11.8 Å². The number of hydrogen-bond donors (Lipinski definition) is 1. The smallest absolute Gasteiger partial charge is 0.255 e. The van der Waals surface area contributed by atoms with Crippen LogP contribution in [-0.4, -0.2) is 51.0 Å². The molecule has 7 nitrogen and oxygen atoms in total. The summed E-state index contributed by atoms with van der Waals surface area (Å²) >= 11 is 0. The van der Waals surface area contributed by atoms with Crippen molar-refractivity contribution in [1.29, 1.82) is 0 Å². The Morgan fingerprint density at radius 3 is 2.17 bits per heavy atom. The van der Waals surface area contributed by atoms with Crippen molar-refractivity contribution in [2.24, 2.45) is 0 Å². The number of carbonyl (C=O) groups is 2. The molecule has 0 unspecified atom stereocenters. The van der Waals surface area contributed by atoms with Crippen LogP contribution in [0.25, 0.3) is 0 Å². The summed E-state index contributed by atoms with van der Waals surface area (Å²) in [5.41, 5.74) is 1.62. The minimum absolute atomic E-state index is 0.130. The van der Waals surface area contributed by atoms with Gasteiger partial charge in [0.2, 0.25) is 10.0 Å². The molecule has 8 heteroatoms. The molecule has 0 heterocycles. The number of carbonyl (C=O) groups excluding carboxylic acids is 2. The first-order valence-corrected chi connectivity index (χ1v) is 11.5. The third kappa shape index (κ3) is 5.48. The van der Waals surface area contributed by atoms with Gasteiger partial charge in [-0.2, -0.15) is 0 Å². The molecule has 30 heavy (non-hydrogen) atoms. The maximum Gasteiger partial charge on any atom is 0.255 e. The topological polar surface area (TPSA) is 86.8 Å². The standard InChI is InChI=1S/C22H27N3O4S/c1-5-16-25(30(4,28)29)18-14-12-17(13-15-18)21(26)23-20-11-9-8-10-19(20)22(27)24(6-2)7-3/h5,8-15H,1,6-7,16H2,2-4H3,(H,23,26). The van der Waals surface area contributed by atoms with Gasteiger partial charge in [0, 0.05) is 18.7 Å². The van der Waals surface area contributed by atoms with E-state index in [0.29, 0.717) is 35.6 Å². The molecule has 0 saturated carbocycles. The maximum absolute atomic E-state index is 12.7. The Labute approximate surface area is 178 Å². The summed E-state index contributed by atoms with van der Waals surface area (Å²) in [6.07, 6.45) is 2.60. The zero-order valence-corrected chi connectivity index (χ0v) is 18.3. The SMILES string of the molecule is C=CCN(c1ccc(C(=O)Nc2ccccc2C(=O)N(CC)CC)cc1)S(C)(=O)=O. The second kappa shape index (κ2) is 10.1. The summed E-state index contributed by atoms with van der Waals surface area (Å²) in [6, 6.07) is 13.1. The van der Waals surface area contributed by atoms with E-state index >= 15 is 0 Å². The molecule has 0 spiro atoms. The molecule has 160 valence electrons. The average molecular weight is 430 g/mol. The van der Waals surface area contributed by atoms with Crippen molar-refractivity contribution in [2.45, 2.75) is 13.8 Å². The highest BCUT2D eigenvalue weighted by Gasteiger charge is 2.19. The van der Waals surface area contributed by atoms with Gasteiger partial charge in [-0.25, -0.2) is 8.42 Å². The van der Waals surface area contributed by atoms with Gasteiger partial charge in [-0.1, -0.05) is 18.2 Å². The first kappa shape index (κ1) is 23.2. The molecular weight excluding hydrogens is 402 g/mol. The molecule has 2 amide bonds. The van der Waals surface area contributed by atoms with Crippen LogP contribution in [0.2, 0.25) is 0 Å². The van der Waals surface area contributed by atoms with Crippen LogP contribution in [0.5, 0.6) is 0 Å². The minimum Gasteiger partial charge on any atom is -0.339 e. The van der Waals surface area contributed by atoms with Gasteiger partial charge in [0.1, 0.15) is 0 Å². The van der Waals surface area contributed by atoms with Crippen molar-refractivity contribution in [3.8, 4) is 0 Å². The lowest BCUT2D eigenvalue weighted by Gasteiger charge is -2.21. The Kier molecular flexibility index (Phi) is 7.77. The van der Waals surface area contributed by atoms with Gasteiger partial charge in [-0.15, -0.1) is 6.58 Å². The molecule has 0 radical (unpaired) electrons. The van der Waals surface area contributed by atoms with Crippen molar-refractivity contribution in [3.05, 3.63) is 72.3 Å². The monoisotopic (exact) mass is 429 g/mol. The Morgan fingerprint density at radius 1 is 1.03 bits per heavy atom. The second-order valence-corrected chi connectivity index (χ2v) is 8.51. The molecule has 0 atom stereocenters. The van der Waals surface area contributed by atoms with Crippen molar-refractivity contribution < 1.29 is 18.0 Å². The van der Waals surface area contributed by atoms with E-state index in [2.05, 4.69) is 11.9 Å². The molecule has 0 aliphatic rings. The van der Waals surface area contributed by atoms with Crippen molar-refractivity contribution in [1.82, 2.24) is 4.90 Å². The Hall–Kier alpha value is -3.13. The Morgan fingerprint density at radius 2 is 1.63 bits per heavy atom. The van der Waals surface area contributed by atoms with Crippen molar-refractivity contribution >= 4 is 33.2 Å². The van der Waals surface area contributed by atoms with Crippen LogP contribution in [0, 0.1) is 0 Å². The van der Waals surface area contributed by atoms with Crippen molar-refractivity contribution in [3.63, 3.8) is 0 Å². The molecule has 2 aromatic carbocycles. The molecule has 0 aliphatic carbocycles. The molecule has 1 N–H and O–H groups in total. The van der Waals surface area contributed by atoms with E-state index in [1.54, 1.807) is 53.4 Å². The van der Waals surface area contributed by atoms with Gasteiger partial charge in [0.15, 0.2) is 0 Å². The maximum atomic E-state index is 12.7. The van der Waals surface area contributed by atoms with E-state index in [-0.39, 0.29) is 12.5 Å². The van der Waals surface area contributed by atoms with Crippen LogP contribution in [-0.2, 0) is 10.0 Å². The first-order valence-electron chi connectivity index (χ1n) is 9.61. The number of hydrogen-bond acceptors (Lipinski definition) is 4.